The molecule has 0 atom stereocenters. The summed E-state index contributed by atoms with van der Waals surface area (Å²) in [6.45, 7) is 5.66. The van der Waals surface area contributed by atoms with Crippen LogP contribution in [0.15, 0.2) is 27.4 Å². The highest BCUT2D eigenvalue weighted by atomic mass is 16.6. The van der Waals surface area contributed by atoms with Crippen molar-refractivity contribution in [3.63, 3.8) is 0 Å². The summed E-state index contributed by atoms with van der Waals surface area (Å²) < 4.78 is 9.96. The highest BCUT2D eigenvalue weighted by Crippen LogP contribution is 2.28. The number of nitrogens with zero attached hydrogens (tertiary/aromatic N) is 5. The van der Waals surface area contributed by atoms with E-state index in [1.54, 1.807) is 0 Å². The van der Waals surface area contributed by atoms with Gasteiger partial charge in [-0.15, -0.1) is 0 Å². The van der Waals surface area contributed by atoms with Gasteiger partial charge in [0.15, 0.2) is 5.52 Å². The highest BCUT2D eigenvalue weighted by Gasteiger charge is 2.17. The number of aromatic nitrogens is 5. The zero-order valence-corrected chi connectivity index (χ0v) is 14.1. The molecule has 126 valence electrons. The molecule has 0 aliphatic carbocycles. The Bertz CT molecular complexity index is 1060. The SMILES string of the molecule is Cc1nc2nonc2c(N)c1Cc1cccc(-c2c(C)noc2C)n1. The Morgan fingerprint density at radius 3 is 2.60 bits per heavy atom. The van der Waals surface area contributed by atoms with Crippen LogP contribution in [0.5, 0.6) is 0 Å². The van der Waals surface area contributed by atoms with Gasteiger partial charge >= 0.3 is 0 Å². The summed E-state index contributed by atoms with van der Waals surface area (Å²) in [5.74, 6) is 0.745. The van der Waals surface area contributed by atoms with E-state index in [2.05, 4.69) is 20.5 Å². The number of fused-ring (bicyclic) bond motifs is 1. The van der Waals surface area contributed by atoms with E-state index in [4.69, 9.17) is 19.9 Å². The number of hydrogen-bond donors (Lipinski definition) is 1. The first-order valence-corrected chi connectivity index (χ1v) is 7.81. The Morgan fingerprint density at radius 2 is 1.84 bits per heavy atom. The minimum absolute atomic E-state index is 0.413. The van der Waals surface area contributed by atoms with Gasteiger partial charge in [0.1, 0.15) is 5.76 Å². The maximum absolute atomic E-state index is 6.24. The lowest BCUT2D eigenvalue weighted by Gasteiger charge is -2.09. The molecule has 25 heavy (non-hydrogen) atoms. The first-order chi connectivity index (χ1) is 12.0. The molecule has 4 rings (SSSR count). The first-order valence-electron chi connectivity index (χ1n) is 7.81. The second-order valence-electron chi connectivity index (χ2n) is 5.92. The van der Waals surface area contributed by atoms with Crippen LogP contribution in [0.2, 0.25) is 0 Å². The van der Waals surface area contributed by atoms with Crippen molar-refractivity contribution >= 4 is 16.9 Å². The Labute approximate surface area is 143 Å². The summed E-state index contributed by atoms with van der Waals surface area (Å²) in [6, 6.07) is 5.85. The normalized spacial score (nSPS) is 11.3. The van der Waals surface area contributed by atoms with Crippen molar-refractivity contribution in [3.05, 3.63) is 46.6 Å². The fraction of sp³-hybridized carbons (Fsp3) is 0.235. The van der Waals surface area contributed by atoms with Gasteiger partial charge in [0.25, 0.3) is 0 Å². The van der Waals surface area contributed by atoms with Crippen molar-refractivity contribution in [1.82, 2.24) is 25.4 Å². The van der Waals surface area contributed by atoms with E-state index in [9.17, 15) is 0 Å². The van der Waals surface area contributed by atoms with Crippen molar-refractivity contribution in [3.8, 4) is 11.3 Å². The van der Waals surface area contributed by atoms with Crippen LogP contribution in [0.25, 0.3) is 22.4 Å². The average molecular weight is 336 g/mol. The Kier molecular flexibility index (Phi) is 3.45. The molecule has 0 saturated heterocycles. The molecule has 4 aromatic heterocycles. The molecule has 0 saturated carbocycles. The lowest BCUT2D eigenvalue weighted by Crippen LogP contribution is -2.04. The summed E-state index contributed by atoms with van der Waals surface area (Å²) >= 11 is 0. The van der Waals surface area contributed by atoms with Gasteiger partial charge in [0.05, 0.1) is 22.6 Å². The molecule has 0 bridgehead atoms. The topological polar surface area (TPSA) is 117 Å². The Morgan fingerprint density at radius 1 is 1.00 bits per heavy atom. The molecule has 0 spiro atoms. The number of aryl methyl sites for hydroxylation is 3. The second-order valence-corrected chi connectivity index (χ2v) is 5.92. The van der Waals surface area contributed by atoms with Crippen molar-refractivity contribution in [1.29, 1.82) is 0 Å². The van der Waals surface area contributed by atoms with Crippen molar-refractivity contribution in [2.45, 2.75) is 27.2 Å². The van der Waals surface area contributed by atoms with Crippen molar-refractivity contribution in [2.24, 2.45) is 0 Å². The van der Waals surface area contributed by atoms with Crippen LogP contribution in [0.3, 0.4) is 0 Å². The van der Waals surface area contributed by atoms with E-state index < -0.39 is 0 Å². The monoisotopic (exact) mass is 336 g/mol. The first kappa shape index (κ1) is 15.3. The van der Waals surface area contributed by atoms with Crippen LogP contribution >= 0.6 is 0 Å². The largest absolute Gasteiger partial charge is 0.396 e. The number of anilines is 1. The maximum atomic E-state index is 6.24. The quantitative estimate of drug-likeness (QED) is 0.607. The molecule has 4 aromatic rings. The number of rotatable bonds is 3. The second kappa shape index (κ2) is 5.66. The lowest BCUT2D eigenvalue weighted by atomic mass is 10.0. The summed E-state index contributed by atoms with van der Waals surface area (Å²) in [5, 5.41) is 11.6. The van der Waals surface area contributed by atoms with Crippen LogP contribution in [0.4, 0.5) is 5.69 Å². The number of nitrogens with two attached hydrogens (primary N) is 1. The van der Waals surface area contributed by atoms with Crippen LogP contribution in [-0.2, 0) is 6.42 Å². The van der Waals surface area contributed by atoms with Gasteiger partial charge in [-0.2, -0.15) is 0 Å². The minimum atomic E-state index is 0.413. The van der Waals surface area contributed by atoms with Crippen LogP contribution in [-0.4, -0.2) is 25.4 Å². The summed E-state index contributed by atoms with van der Waals surface area (Å²) in [6.07, 6.45) is 0.532. The summed E-state index contributed by atoms with van der Waals surface area (Å²) in [5.41, 5.74) is 12.7. The predicted octanol–water partition coefficient (Wildman–Crippen LogP) is 2.77. The number of pyridine rings is 2. The van der Waals surface area contributed by atoms with Crippen LogP contribution in [0.1, 0.15) is 28.4 Å². The molecule has 0 aliphatic rings. The predicted molar refractivity (Wildman–Crippen MR) is 90.8 cm³/mol. The van der Waals surface area contributed by atoms with Crippen molar-refractivity contribution < 1.29 is 9.15 Å². The number of hydrogen-bond acceptors (Lipinski definition) is 8. The van der Waals surface area contributed by atoms with E-state index in [1.165, 1.54) is 0 Å². The zero-order valence-electron chi connectivity index (χ0n) is 14.1. The van der Waals surface area contributed by atoms with Gasteiger partial charge in [0, 0.05) is 23.4 Å². The van der Waals surface area contributed by atoms with Gasteiger partial charge in [-0.1, -0.05) is 11.2 Å². The lowest BCUT2D eigenvalue weighted by molar-refractivity contribution is 0.315. The molecule has 2 N–H and O–H groups in total. The van der Waals surface area contributed by atoms with Crippen LogP contribution < -0.4 is 5.73 Å². The van der Waals surface area contributed by atoms with E-state index in [0.717, 1.165) is 39.7 Å². The highest BCUT2D eigenvalue weighted by molar-refractivity contribution is 5.85. The molecule has 0 aliphatic heterocycles. The summed E-state index contributed by atoms with van der Waals surface area (Å²) in [4.78, 5) is 9.13. The molecule has 0 fully saturated rings. The van der Waals surface area contributed by atoms with Gasteiger partial charge in [-0.3, -0.25) is 4.98 Å². The molecular formula is C17H16N6O2. The van der Waals surface area contributed by atoms with Gasteiger partial charge in [-0.25, -0.2) is 9.61 Å². The van der Waals surface area contributed by atoms with E-state index in [-0.39, 0.29) is 0 Å². The summed E-state index contributed by atoms with van der Waals surface area (Å²) in [7, 11) is 0. The standard InChI is InChI=1S/C17H16N6O2/c1-8-12(15(18)16-17(19-8)23-25-22-16)7-11-5-4-6-13(20-11)14-9(2)21-24-10(14)3/h4-6H,7,18H2,1-3H3. The minimum Gasteiger partial charge on any atom is -0.396 e. The van der Waals surface area contributed by atoms with E-state index >= 15 is 0 Å². The zero-order chi connectivity index (χ0) is 17.6. The maximum Gasteiger partial charge on any atom is 0.226 e. The molecule has 4 heterocycles. The fourth-order valence-electron chi connectivity index (χ4n) is 2.96. The Hall–Kier alpha value is -3.29. The molecular weight excluding hydrogens is 320 g/mol. The molecule has 0 aromatic carbocycles. The number of nitrogen functional groups attached to an aromatic ring is 1. The molecule has 0 radical (unpaired) electrons. The molecule has 8 nitrogen and oxygen atoms in total. The van der Waals surface area contributed by atoms with Crippen LogP contribution in [0, 0.1) is 20.8 Å². The third-order valence-electron chi connectivity index (χ3n) is 4.22. The molecule has 8 heteroatoms. The average Bonchev–Trinajstić information content (AvgIpc) is 3.18. The fourth-order valence-corrected chi connectivity index (χ4v) is 2.96. The van der Waals surface area contributed by atoms with Crippen molar-refractivity contribution in [2.75, 3.05) is 5.73 Å². The van der Waals surface area contributed by atoms with E-state index in [1.807, 2.05) is 39.0 Å². The molecule has 0 amide bonds. The Balaban J connectivity index is 1.76. The van der Waals surface area contributed by atoms with Gasteiger partial charge in [0.2, 0.25) is 5.65 Å². The van der Waals surface area contributed by atoms with Gasteiger partial charge < -0.3 is 10.3 Å². The molecule has 0 unspecified atom stereocenters. The smallest absolute Gasteiger partial charge is 0.226 e. The third kappa shape index (κ3) is 2.51. The van der Waals surface area contributed by atoms with Gasteiger partial charge in [-0.05, 0) is 43.2 Å². The van der Waals surface area contributed by atoms with E-state index in [0.29, 0.717) is 23.3 Å². The third-order valence-corrected chi connectivity index (χ3v) is 4.22.